The van der Waals surface area contributed by atoms with Crippen LogP contribution in [0, 0.1) is 0 Å². The van der Waals surface area contributed by atoms with E-state index in [4.69, 9.17) is 27.9 Å². The Bertz CT molecular complexity index is 683. The lowest BCUT2D eigenvalue weighted by atomic mass is 10.4. The third kappa shape index (κ3) is 3.60. The summed E-state index contributed by atoms with van der Waals surface area (Å²) in [7, 11) is 0. The van der Waals surface area contributed by atoms with Gasteiger partial charge in [-0.1, -0.05) is 37.0 Å². The third-order valence-corrected chi connectivity index (χ3v) is 4.47. The molecule has 2 aromatic heterocycles. The zero-order chi connectivity index (χ0) is 16.1. The van der Waals surface area contributed by atoms with E-state index < -0.39 is 0 Å². The van der Waals surface area contributed by atoms with Crippen LogP contribution in [0.25, 0.3) is 10.7 Å². The quantitative estimate of drug-likeness (QED) is 0.888. The molecule has 2 aromatic rings. The van der Waals surface area contributed by atoms with Gasteiger partial charge in [-0.2, -0.15) is 0 Å². The van der Waals surface area contributed by atoms with Gasteiger partial charge in [0.2, 0.25) is 0 Å². The summed E-state index contributed by atoms with van der Waals surface area (Å²) in [5, 5.41) is 0.393. The van der Waals surface area contributed by atoms with Gasteiger partial charge in [0, 0.05) is 13.1 Å². The van der Waals surface area contributed by atoms with Crippen LogP contribution in [0.1, 0.15) is 13.8 Å². The van der Waals surface area contributed by atoms with Gasteiger partial charge in [0.25, 0.3) is 5.56 Å². The highest BCUT2D eigenvalue weighted by molar-refractivity contribution is 7.13. The van der Waals surface area contributed by atoms with Gasteiger partial charge in [-0.05, 0) is 0 Å². The van der Waals surface area contributed by atoms with Gasteiger partial charge in [0.1, 0.15) is 9.90 Å². The summed E-state index contributed by atoms with van der Waals surface area (Å²) < 4.78 is 5.29. The number of H-pyrrole nitrogens is 1. The minimum Gasteiger partial charge on any atom is -0.378 e. The molecule has 9 heteroatoms. The summed E-state index contributed by atoms with van der Waals surface area (Å²) in [4.78, 5) is 25.5. The summed E-state index contributed by atoms with van der Waals surface area (Å²) >= 11 is 13.4. The van der Waals surface area contributed by atoms with Crippen LogP contribution >= 0.6 is 34.5 Å². The van der Waals surface area contributed by atoms with E-state index in [1.54, 1.807) is 5.51 Å². The number of nitrogens with one attached hydrogen (secondary N) is 1. The van der Waals surface area contributed by atoms with E-state index >= 15 is 0 Å². The molecule has 22 heavy (non-hydrogen) atoms. The summed E-state index contributed by atoms with van der Waals surface area (Å²) in [5.74, 6) is 0.839. The van der Waals surface area contributed by atoms with Crippen molar-refractivity contribution in [3.63, 3.8) is 0 Å². The molecule has 1 saturated heterocycles. The SMILES string of the molecule is CC.O=c1[nH]c(-c2scnc2Cl)nc(N2CCOCC2)c1Cl. The number of nitrogens with zero attached hydrogens (tertiary/aromatic N) is 3. The molecule has 1 aliphatic rings. The van der Waals surface area contributed by atoms with Gasteiger partial charge >= 0.3 is 0 Å². The van der Waals surface area contributed by atoms with Crippen molar-refractivity contribution >= 4 is 40.4 Å². The minimum atomic E-state index is -0.386. The molecule has 0 bridgehead atoms. The average molecular weight is 363 g/mol. The van der Waals surface area contributed by atoms with Gasteiger partial charge in [-0.3, -0.25) is 4.79 Å². The highest BCUT2D eigenvalue weighted by Gasteiger charge is 2.20. The number of aromatic nitrogens is 3. The van der Waals surface area contributed by atoms with Crippen molar-refractivity contribution in [3.05, 3.63) is 26.0 Å². The Hall–Kier alpha value is -1.15. The number of rotatable bonds is 2. The first kappa shape index (κ1) is 17.2. The summed E-state index contributed by atoms with van der Waals surface area (Å²) in [5.41, 5.74) is 1.21. The fourth-order valence-electron chi connectivity index (χ4n) is 1.93. The number of thiazole rings is 1. The summed E-state index contributed by atoms with van der Waals surface area (Å²) in [6.07, 6.45) is 0. The van der Waals surface area contributed by atoms with Gasteiger partial charge in [0.15, 0.2) is 16.8 Å². The van der Waals surface area contributed by atoms with Crippen LogP contribution < -0.4 is 10.5 Å². The number of ether oxygens (including phenoxy) is 1. The maximum atomic E-state index is 12.0. The van der Waals surface area contributed by atoms with Crippen molar-refractivity contribution in [2.45, 2.75) is 13.8 Å². The lowest BCUT2D eigenvalue weighted by Crippen LogP contribution is -2.38. The van der Waals surface area contributed by atoms with Crippen molar-refractivity contribution in [2.24, 2.45) is 0 Å². The Kier molecular flexibility index (Phi) is 6.19. The van der Waals surface area contributed by atoms with Crippen molar-refractivity contribution in [1.29, 1.82) is 0 Å². The van der Waals surface area contributed by atoms with E-state index in [2.05, 4.69) is 15.0 Å². The molecule has 0 aromatic carbocycles. The fraction of sp³-hybridized carbons (Fsp3) is 0.462. The second kappa shape index (κ2) is 7.92. The van der Waals surface area contributed by atoms with Crippen LogP contribution in [0.4, 0.5) is 5.82 Å². The standard InChI is InChI=1S/C11H10Cl2N4O2S.C2H6/c12-6-10(17-1-3-19-4-2-17)15-9(16-11(6)18)7-8(13)14-5-20-7;1-2/h5H,1-4H2,(H,15,16,18);1-2H3. The van der Waals surface area contributed by atoms with Gasteiger partial charge in [0.05, 0.1) is 18.7 Å². The number of halogens is 2. The number of anilines is 1. The molecule has 0 unspecified atom stereocenters. The van der Waals surface area contributed by atoms with E-state index in [0.29, 0.717) is 48.0 Å². The van der Waals surface area contributed by atoms with E-state index in [-0.39, 0.29) is 10.6 Å². The highest BCUT2D eigenvalue weighted by Crippen LogP contribution is 2.30. The maximum absolute atomic E-state index is 12.0. The average Bonchev–Trinajstić information content (AvgIpc) is 2.99. The molecule has 0 spiro atoms. The molecule has 6 nitrogen and oxygen atoms in total. The Morgan fingerprint density at radius 3 is 2.59 bits per heavy atom. The lowest BCUT2D eigenvalue weighted by Gasteiger charge is -2.28. The smallest absolute Gasteiger partial charge is 0.272 e. The van der Waals surface area contributed by atoms with E-state index in [1.165, 1.54) is 11.3 Å². The van der Waals surface area contributed by atoms with Crippen molar-refractivity contribution in [2.75, 3.05) is 31.2 Å². The maximum Gasteiger partial charge on any atom is 0.272 e. The Morgan fingerprint density at radius 2 is 2.00 bits per heavy atom. The van der Waals surface area contributed by atoms with Crippen LogP contribution in [0.5, 0.6) is 0 Å². The van der Waals surface area contributed by atoms with Crippen molar-refractivity contribution < 1.29 is 4.74 Å². The molecule has 0 saturated carbocycles. The second-order valence-electron chi connectivity index (χ2n) is 4.12. The van der Waals surface area contributed by atoms with Crippen LogP contribution in [-0.2, 0) is 4.74 Å². The Labute approximate surface area is 142 Å². The summed E-state index contributed by atoms with van der Waals surface area (Å²) in [6, 6.07) is 0. The number of morpholine rings is 1. The van der Waals surface area contributed by atoms with Gasteiger partial charge in [-0.15, -0.1) is 11.3 Å². The lowest BCUT2D eigenvalue weighted by molar-refractivity contribution is 0.122. The number of aromatic amines is 1. The molecular weight excluding hydrogens is 347 g/mol. The van der Waals surface area contributed by atoms with Crippen LogP contribution in [0.2, 0.25) is 10.2 Å². The van der Waals surface area contributed by atoms with E-state index in [1.807, 2.05) is 18.7 Å². The van der Waals surface area contributed by atoms with E-state index in [9.17, 15) is 4.79 Å². The van der Waals surface area contributed by atoms with Gasteiger partial charge in [-0.25, -0.2) is 9.97 Å². The summed E-state index contributed by atoms with van der Waals surface area (Å²) in [6.45, 7) is 6.46. The predicted octanol–water partition coefficient (Wildman–Crippen LogP) is 3.06. The van der Waals surface area contributed by atoms with Gasteiger partial charge < -0.3 is 14.6 Å². The van der Waals surface area contributed by atoms with Crippen LogP contribution in [-0.4, -0.2) is 41.3 Å². The molecule has 0 atom stereocenters. The van der Waals surface area contributed by atoms with Crippen molar-refractivity contribution in [1.82, 2.24) is 15.0 Å². The number of hydrogen-bond donors (Lipinski definition) is 1. The number of hydrogen-bond acceptors (Lipinski definition) is 6. The first-order valence-electron chi connectivity index (χ1n) is 6.88. The first-order chi connectivity index (χ1) is 10.7. The largest absolute Gasteiger partial charge is 0.378 e. The normalized spacial score (nSPS) is 14.5. The fourth-order valence-corrected chi connectivity index (χ4v) is 3.09. The predicted molar refractivity (Wildman–Crippen MR) is 90.4 cm³/mol. The molecular formula is C13H16Cl2N4O2S. The van der Waals surface area contributed by atoms with Crippen LogP contribution in [0.3, 0.4) is 0 Å². The zero-order valence-electron chi connectivity index (χ0n) is 12.2. The Morgan fingerprint density at radius 1 is 1.32 bits per heavy atom. The molecule has 0 radical (unpaired) electrons. The molecule has 120 valence electrons. The zero-order valence-corrected chi connectivity index (χ0v) is 14.6. The molecule has 0 aliphatic carbocycles. The molecule has 1 fully saturated rings. The molecule has 1 N–H and O–H groups in total. The van der Waals surface area contributed by atoms with E-state index in [0.717, 1.165) is 0 Å². The minimum absolute atomic E-state index is 0.0799. The second-order valence-corrected chi connectivity index (χ2v) is 5.71. The molecule has 1 aliphatic heterocycles. The monoisotopic (exact) mass is 362 g/mol. The van der Waals surface area contributed by atoms with Crippen molar-refractivity contribution in [3.8, 4) is 10.7 Å². The molecule has 3 heterocycles. The molecule has 3 rings (SSSR count). The topological polar surface area (TPSA) is 71.1 Å². The highest BCUT2D eigenvalue weighted by atomic mass is 35.5. The first-order valence-corrected chi connectivity index (χ1v) is 8.52. The van der Waals surface area contributed by atoms with Crippen LogP contribution in [0.15, 0.2) is 10.3 Å². The Balaban J connectivity index is 0.000000847. The third-order valence-electron chi connectivity index (χ3n) is 2.89. The molecule has 0 amide bonds.